The van der Waals surface area contributed by atoms with Crippen LogP contribution in [0.5, 0.6) is 0 Å². The molecular formula is C19H18N4O2. The number of rotatable bonds is 4. The van der Waals surface area contributed by atoms with Gasteiger partial charge >= 0.3 is 0 Å². The Kier molecular flexibility index (Phi) is 4.75. The molecule has 3 rings (SSSR count). The summed E-state index contributed by atoms with van der Waals surface area (Å²) in [7, 11) is 1.64. The first-order chi connectivity index (χ1) is 12.1. The predicted molar refractivity (Wildman–Crippen MR) is 94.1 cm³/mol. The maximum atomic E-state index is 12.5. The number of likely N-dealkylation sites (N-methyl/N-ethyl adjacent to an activating group) is 1. The number of carbonyl (C=O) groups is 2. The third-order valence-corrected chi connectivity index (χ3v) is 4.22. The second kappa shape index (κ2) is 7.14. The van der Waals surface area contributed by atoms with Gasteiger partial charge in [0, 0.05) is 25.7 Å². The third-order valence-electron chi connectivity index (χ3n) is 4.22. The summed E-state index contributed by atoms with van der Waals surface area (Å²) in [6.45, 7) is 0.723. The molecule has 1 aliphatic heterocycles. The van der Waals surface area contributed by atoms with Gasteiger partial charge in [-0.1, -0.05) is 18.2 Å². The van der Waals surface area contributed by atoms with Gasteiger partial charge in [0.25, 0.3) is 0 Å². The van der Waals surface area contributed by atoms with Crippen LogP contribution in [0.15, 0.2) is 42.5 Å². The molecule has 0 atom stereocenters. The van der Waals surface area contributed by atoms with Gasteiger partial charge in [-0.05, 0) is 36.2 Å². The van der Waals surface area contributed by atoms with Crippen molar-refractivity contribution in [3.05, 3.63) is 53.7 Å². The summed E-state index contributed by atoms with van der Waals surface area (Å²) in [5.41, 5.74) is 1.94. The Morgan fingerprint density at radius 1 is 1.32 bits per heavy atom. The maximum absolute atomic E-state index is 12.5. The molecule has 6 heteroatoms. The molecule has 6 nitrogen and oxygen atoms in total. The third kappa shape index (κ3) is 3.66. The molecule has 2 aromatic rings. The Hall–Kier alpha value is -3.20. The van der Waals surface area contributed by atoms with E-state index in [9.17, 15) is 9.59 Å². The van der Waals surface area contributed by atoms with Crippen molar-refractivity contribution in [1.29, 1.82) is 5.26 Å². The van der Waals surface area contributed by atoms with E-state index in [0.29, 0.717) is 12.2 Å². The summed E-state index contributed by atoms with van der Waals surface area (Å²) in [5.74, 6) is 0.431. The van der Waals surface area contributed by atoms with E-state index >= 15 is 0 Å². The van der Waals surface area contributed by atoms with E-state index in [1.54, 1.807) is 30.1 Å². The molecular weight excluding hydrogens is 316 g/mol. The molecule has 0 N–H and O–H groups in total. The molecule has 1 saturated heterocycles. The van der Waals surface area contributed by atoms with E-state index in [4.69, 9.17) is 5.26 Å². The highest BCUT2D eigenvalue weighted by atomic mass is 16.2. The lowest BCUT2D eigenvalue weighted by atomic mass is 10.1. The molecule has 0 unspecified atom stereocenters. The summed E-state index contributed by atoms with van der Waals surface area (Å²) < 4.78 is 0. The van der Waals surface area contributed by atoms with Gasteiger partial charge < -0.3 is 4.90 Å². The van der Waals surface area contributed by atoms with Gasteiger partial charge in [0.1, 0.15) is 17.6 Å². The van der Waals surface area contributed by atoms with Crippen LogP contribution in [0.3, 0.4) is 0 Å². The lowest BCUT2D eigenvalue weighted by molar-refractivity contribution is -0.118. The first kappa shape index (κ1) is 16.7. The molecule has 2 amide bonds. The molecule has 0 bridgehead atoms. The lowest BCUT2D eigenvalue weighted by Gasteiger charge is -2.18. The van der Waals surface area contributed by atoms with E-state index in [1.807, 2.05) is 30.3 Å². The van der Waals surface area contributed by atoms with Gasteiger partial charge in [-0.3, -0.25) is 14.5 Å². The minimum absolute atomic E-state index is 0.123. The molecule has 0 aliphatic carbocycles. The van der Waals surface area contributed by atoms with E-state index in [0.717, 1.165) is 24.2 Å². The molecule has 25 heavy (non-hydrogen) atoms. The van der Waals surface area contributed by atoms with Crippen LogP contribution in [0.1, 0.15) is 24.1 Å². The largest absolute Gasteiger partial charge is 0.312 e. The highest BCUT2D eigenvalue weighted by molar-refractivity contribution is 5.96. The molecule has 0 saturated carbocycles. The van der Waals surface area contributed by atoms with Crippen molar-refractivity contribution in [3.8, 4) is 6.07 Å². The zero-order valence-corrected chi connectivity index (χ0v) is 14.0. The summed E-state index contributed by atoms with van der Waals surface area (Å²) in [6, 6.07) is 14.5. The normalized spacial score (nSPS) is 13.6. The van der Waals surface area contributed by atoms with Crippen molar-refractivity contribution in [3.63, 3.8) is 0 Å². The topological polar surface area (TPSA) is 77.3 Å². The number of nitriles is 1. The zero-order valence-electron chi connectivity index (χ0n) is 14.0. The number of carbonyl (C=O) groups excluding carboxylic acids is 2. The zero-order chi connectivity index (χ0) is 17.8. The maximum Gasteiger partial charge on any atom is 0.232 e. The van der Waals surface area contributed by atoms with Crippen molar-refractivity contribution < 1.29 is 9.59 Å². The first-order valence-corrected chi connectivity index (χ1v) is 8.11. The van der Waals surface area contributed by atoms with Crippen LogP contribution in [-0.4, -0.2) is 30.4 Å². The summed E-state index contributed by atoms with van der Waals surface area (Å²) in [4.78, 5) is 31.7. The molecule has 2 heterocycles. The first-order valence-electron chi connectivity index (χ1n) is 8.11. The van der Waals surface area contributed by atoms with Crippen molar-refractivity contribution in [2.75, 3.05) is 23.4 Å². The second-order valence-corrected chi connectivity index (χ2v) is 5.94. The number of benzene rings is 1. The minimum Gasteiger partial charge on any atom is -0.312 e. The molecule has 0 spiro atoms. The quantitative estimate of drug-likeness (QED) is 0.859. The average Bonchev–Trinajstić information content (AvgIpc) is 3.07. The minimum atomic E-state index is -0.132. The summed E-state index contributed by atoms with van der Waals surface area (Å²) >= 11 is 0. The SMILES string of the molecule is CN(C(=O)Cc1cccc(N2CCCC2=O)c1)c1cccc(C#N)n1. The Bertz CT molecular complexity index is 856. The number of pyridine rings is 1. The van der Waals surface area contributed by atoms with Gasteiger partial charge in [0.05, 0.1) is 6.42 Å². The number of hydrogen-bond donors (Lipinski definition) is 0. The standard InChI is InChI=1S/C19H18N4O2/c1-22(17-8-3-6-15(13-20)21-17)19(25)12-14-5-2-7-16(11-14)23-10-4-9-18(23)24/h2-3,5-8,11H,4,9-10,12H2,1H3. The summed E-state index contributed by atoms with van der Waals surface area (Å²) in [6.07, 6.45) is 1.64. The number of aromatic nitrogens is 1. The van der Waals surface area contributed by atoms with Gasteiger partial charge in [0.2, 0.25) is 11.8 Å². The fourth-order valence-corrected chi connectivity index (χ4v) is 2.85. The van der Waals surface area contributed by atoms with E-state index in [-0.39, 0.29) is 23.9 Å². The van der Waals surface area contributed by atoms with E-state index in [2.05, 4.69) is 4.98 Å². The van der Waals surface area contributed by atoms with Crippen LogP contribution in [0.4, 0.5) is 11.5 Å². The van der Waals surface area contributed by atoms with E-state index in [1.165, 1.54) is 4.90 Å². The van der Waals surface area contributed by atoms with Crippen molar-refractivity contribution in [1.82, 2.24) is 4.98 Å². The highest BCUT2D eigenvalue weighted by Crippen LogP contribution is 2.23. The number of hydrogen-bond acceptors (Lipinski definition) is 4. The molecule has 1 aromatic carbocycles. The number of nitrogens with zero attached hydrogens (tertiary/aromatic N) is 4. The fourth-order valence-electron chi connectivity index (χ4n) is 2.85. The van der Waals surface area contributed by atoms with E-state index < -0.39 is 0 Å². The smallest absolute Gasteiger partial charge is 0.232 e. The average molecular weight is 334 g/mol. The van der Waals surface area contributed by atoms with Crippen molar-refractivity contribution >= 4 is 23.3 Å². The van der Waals surface area contributed by atoms with Crippen LogP contribution in [0, 0.1) is 11.3 Å². The van der Waals surface area contributed by atoms with Gasteiger partial charge in [-0.15, -0.1) is 0 Å². The number of anilines is 2. The Morgan fingerprint density at radius 3 is 2.84 bits per heavy atom. The van der Waals surface area contributed by atoms with Crippen molar-refractivity contribution in [2.45, 2.75) is 19.3 Å². The predicted octanol–water partition coefficient (Wildman–Crippen LogP) is 2.29. The Balaban J connectivity index is 1.74. The van der Waals surface area contributed by atoms with Crippen LogP contribution in [-0.2, 0) is 16.0 Å². The van der Waals surface area contributed by atoms with Crippen LogP contribution >= 0.6 is 0 Å². The monoisotopic (exact) mass is 334 g/mol. The second-order valence-electron chi connectivity index (χ2n) is 5.94. The van der Waals surface area contributed by atoms with Gasteiger partial charge in [0.15, 0.2) is 0 Å². The van der Waals surface area contributed by atoms with Crippen molar-refractivity contribution in [2.24, 2.45) is 0 Å². The Labute approximate surface area is 146 Å². The number of amides is 2. The Morgan fingerprint density at radius 2 is 2.12 bits per heavy atom. The molecule has 1 aliphatic rings. The molecule has 126 valence electrons. The van der Waals surface area contributed by atoms with Gasteiger partial charge in [-0.25, -0.2) is 4.98 Å². The molecule has 0 radical (unpaired) electrons. The molecule has 1 aromatic heterocycles. The van der Waals surface area contributed by atoms with Crippen LogP contribution in [0.25, 0.3) is 0 Å². The van der Waals surface area contributed by atoms with Crippen LogP contribution < -0.4 is 9.80 Å². The molecule has 1 fully saturated rings. The van der Waals surface area contributed by atoms with Crippen LogP contribution in [0.2, 0.25) is 0 Å². The summed E-state index contributed by atoms with van der Waals surface area (Å²) in [5, 5.41) is 8.93. The van der Waals surface area contributed by atoms with Gasteiger partial charge in [-0.2, -0.15) is 5.26 Å². The highest BCUT2D eigenvalue weighted by Gasteiger charge is 2.22. The lowest BCUT2D eigenvalue weighted by Crippen LogP contribution is -2.29. The fraction of sp³-hybridized carbons (Fsp3) is 0.263.